The minimum Gasteiger partial charge on any atom is -0.357 e. The molecule has 0 radical (unpaired) electrons. The van der Waals surface area contributed by atoms with Crippen LogP contribution in [0.3, 0.4) is 0 Å². The van der Waals surface area contributed by atoms with Gasteiger partial charge in [0.05, 0.1) is 18.0 Å². The summed E-state index contributed by atoms with van der Waals surface area (Å²) in [6, 6.07) is 11.5. The smallest absolute Gasteiger partial charge is 0.255 e. The lowest BCUT2D eigenvalue weighted by Gasteiger charge is -2.35. The number of amides is 2. The summed E-state index contributed by atoms with van der Waals surface area (Å²) >= 11 is 0. The van der Waals surface area contributed by atoms with Gasteiger partial charge in [0, 0.05) is 42.9 Å². The Labute approximate surface area is 224 Å². The summed E-state index contributed by atoms with van der Waals surface area (Å²) in [5.41, 5.74) is 4.72. The van der Waals surface area contributed by atoms with Gasteiger partial charge in [-0.15, -0.1) is 0 Å². The van der Waals surface area contributed by atoms with Crippen LogP contribution >= 0.6 is 0 Å². The van der Waals surface area contributed by atoms with E-state index >= 15 is 0 Å². The number of carbonyl (C=O) groups is 2. The van der Waals surface area contributed by atoms with Crippen LogP contribution in [0, 0.1) is 30.1 Å². The maximum atomic E-state index is 13.4. The summed E-state index contributed by atoms with van der Waals surface area (Å²) in [6.45, 7) is 7.49. The van der Waals surface area contributed by atoms with E-state index in [1.165, 1.54) is 18.4 Å². The largest absolute Gasteiger partial charge is 0.357 e. The number of hydrogen-bond donors (Lipinski definition) is 1. The van der Waals surface area contributed by atoms with Gasteiger partial charge in [-0.2, -0.15) is 5.26 Å². The number of nitriles is 1. The number of pyridine rings is 1. The Kier molecular flexibility index (Phi) is 7.59. The second kappa shape index (κ2) is 11.2. The number of carbonyl (C=O) groups excluding carboxylic acids is 2. The first-order chi connectivity index (χ1) is 18.4. The van der Waals surface area contributed by atoms with Gasteiger partial charge < -0.3 is 15.1 Å². The molecular formula is C31H35N5O2. The fourth-order valence-electron chi connectivity index (χ4n) is 5.89. The number of nitrogens with zero attached hydrogens (tertiary/aromatic N) is 4. The predicted octanol–water partition coefficient (Wildman–Crippen LogP) is 5.51. The second-order valence-electron chi connectivity index (χ2n) is 10.7. The van der Waals surface area contributed by atoms with Crippen molar-refractivity contribution in [2.24, 2.45) is 11.8 Å². The molecule has 5 rings (SSSR count). The molecule has 0 saturated carbocycles. The summed E-state index contributed by atoms with van der Waals surface area (Å²) < 4.78 is 0. The van der Waals surface area contributed by atoms with Crippen molar-refractivity contribution in [1.29, 1.82) is 5.26 Å². The van der Waals surface area contributed by atoms with Gasteiger partial charge in [0.25, 0.3) is 11.8 Å². The van der Waals surface area contributed by atoms with E-state index in [2.05, 4.69) is 34.3 Å². The fraction of sp³-hybridized carbons (Fsp3) is 0.419. The van der Waals surface area contributed by atoms with E-state index in [-0.39, 0.29) is 11.8 Å². The van der Waals surface area contributed by atoms with Gasteiger partial charge >= 0.3 is 0 Å². The minimum atomic E-state index is -0.241. The third-order valence-electron chi connectivity index (χ3n) is 8.13. The SMILES string of the molecule is Cc1ccc(C(=O)N2CCC(C3=CC=C(C#N)CC3C)CC2)cc1C(=O)Nc1ccc(N2CCCC2)nc1. The van der Waals surface area contributed by atoms with Crippen molar-refractivity contribution >= 4 is 23.3 Å². The lowest BCUT2D eigenvalue weighted by molar-refractivity contribution is 0.0699. The van der Waals surface area contributed by atoms with Crippen LogP contribution < -0.4 is 10.2 Å². The van der Waals surface area contributed by atoms with Gasteiger partial charge in [-0.1, -0.05) is 24.6 Å². The highest BCUT2D eigenvalue weighted by molar-refractivity contribution is 6.07. The van der Waals surface area contributed by atoms with Crippen LogP contribution in [0.4, 0.5) is 11.5 Å². The van der Waals surface area contributed by atoms with Gasteiger partial charge in [0.2, 0.25) is 0 Å². The van der Waals surface area contributed by atoms with Crippen LogP contribution in [0.15, 0.2) is 59.8 Å². The fourth-order valence-corrected chi connectivity index (χ4v) is 5.89. The van der Waals surface area contributed by atoms with Gasteiger partial charge in [-0.05, 0) is 86.8 Å². The Balaban J connectivity index is 1.22. The van der Waals surface area contributed by atoms with Crippen LogP contribution in [0.5, 0.6) is 0 Å². The van der Waals surface area contributed by atoms with Crippen molar-refractivity contribution in [2.75, 3.05) is 36.4 Å². The van der Waals surface area contributed by atoms with Crippen molar-refractivity contribution in [3.8, 4) is 6.07 Å². The first-order valence-electron chi connectivity index (χ1n) is 13.7. The normalized spacial score (nSPS) is 20.0. The van der Waals surface area contributed by atoms with Gasteiger partial charge in [0.1, 0.15) is 5.82 Å². The van der Waals surface area contributed by atoms with E-state index in [9.17, 15) is 14.9 Å². The molecule has 7 heteroatoms. The number of aromatic nitrogens is 1. The van der Waals surface area contributed by atoms with E-state index in [0.717, 1.165) is 49.3 Å². The Morgan fingerprint density at radius 2 is 1.82 bits per heavy atom. The molecule has 0 spiro atoms. The Hall–Kier alpha value is -3.92. The zero-order chi connectivity index (χ0) is 26.6. The number of rotatable bonds is 5. The highest BCUT2D eigenvalue weighted by Crippen LogP contribution is 2.35. The van der Waals surface area contributed by atoms with E-state index < -0.39 is 0 Å². The first kappa shape index (κ1) is 25.7. The molecule has 3 heterocycles. The Morgan fingerprint density at radius 3 is 2.47 bits per heavy atom. The molecule has 0 bridgehead atoms. The van der Waals surface area contributed by atoms with Gasteiger partial charge in [0.15, 0.2) is 0 Å². The summed E-state index contributed by atoms with van der Waals surface area (Å²) in [7, 11) is 0. The van der Waals surface area contributed by atoms with Crippen molar-refractivity contribution in [2.45, 2.75) is 46.0 Å². The molecule has 2 fully saturated rings. The molecule has 38 heavy (non-hydrogen) atoms. The van der Waals surface area contributed by atoms with E-state index in [1.807, 2.05) is 42.2 Å². The summed E-state index contributed by atoms with van der Waals surface area (Å²) in [5.74, 6) is 1.47. The standard InChI is InChI=1S/C31H35N5O2/c1-21-5-7-25(18-28(21)30(37)34-26-8-10-29(33-20-26)35-13-3-4-14-35)31(38)36-15-11-24(12-16-36)27-9-6-23(19-32)17-22(27)2/h5-10,18,20,22,24H,3-4,11-17H2,1-2H3,(H,34,37). The number of benzene rings is 1. The number of anilines is 2. The third kappa shape index (κ3) is 5.50. The molecular weight excluding hydrogens is 474 g/mol. The highest BCUT2D eigenvalue weighted by Gasteiger charge is 2.29. The number of aryl methyl sites for hydroxylation is 1. The Morgan fingerprint density at radius 1 is 1.05 bits per heavy atom. The molecule has 2 amide bonds. The molecule has 2 aliphatic heterocycles. The van der Waals surface area contributed by atoms with Crippen LogP contribution in [-0.2, 0) is 0 Å². The number of piperidine rings is 1. The molecule has 1 aromatic carbocycles. The lowest BCUT2D eigenvalue weighted by atomic mass is 9.77. The number of hydrogen-bond acceptors (Lipinski definition) is 5. The Bertz CT molecular complexity index is 1310. The number of nitrogens with one attached hydrogen (secondary N) is 1. The van der Waals surface area contributed by atoms with E-state index in [0.29, 0.717) is 41.7 Å². The van der Waals surface area contributed by atoms with Crippen LogP contribution in [-0.4, -0.2) is 47.9 Å². The first-order valence-corrected chi connectivity index (χ1v) is 13.7. The maximum Gasteiger partial charge on any atom is 0.255 e. The summed E-state index contributed by atoms with van der Waals surface area (Å²) in [6.07, 6.45) is 10.8. The zero-order valence-corrected chi connectivity index (χ0v) is 22.2. The topological polar surface area (TPSA) is 89.3 Å². The summed E-state index contributed by atoms with van der Waals surface area (Å²) in [4.78, 5) is 35.1. The van der Waals surface area contributed by atoms with Crippen molar-refractivity contribution < 1.29 is 9.59 Å². The molecule has 1 atom stereocenters. The second-order valence-corrected chi connectivity index (χ2v) is 10.7. The molecule has 3 aliphatic rings. The molecule has 196 valence electrons. The lowest BCUT2D eigenvalue weighted by Crippen LogP contribution is -2.39. The highest BCUT2D eigenvalue weighted by atomic mass is 16.2. The maximum absolute atomic E-state index is 13.4. The average molecular weight is 510 g/mol. The molecule has 1 aromatic heterocycles. The number of allylic oxidation sites excluding steroid dienone is 4. The molecule has 1 N–H and O–H groups in total. The predicted molar refractivity (Wildman–Crippen MR) is 149 cm³/mol. The van der Waals surface area contributed by atoms with Crippen molar-refractivity contribution in [3.05, 3.63) is 76.5 Å². The van der Waals surface area contributed by atoms with Gasteiger partial charge in [-0.3, -0.25) is 9.59 Å². The minimum absolute atomic E-state index is 0.0357. The monoisotopic (exact) mass is 509 g/mol. The molecule has 2 saturated heterocycles. The van der Waals surface area contributed by atoms with E-state index in [4.69, 9.17) is 0 Å². The molecule has 1 aliphatic carbocycles. The zero-order valence-electron chi connectivity index (χ0n) is 22.2. The van der Waals surface area contributed by atoms with Crippen LogP contribution in [0.2, 0.25) is 0 Å². The molecule has 1 unspecified atom stereocenters. The third-order valence-corrected chi connectivity index (χ3v) is 8.13. The number of likely N-dealkylation sites (tertiary alicyclic amines) is 1. The molecule has 2 aromatic rings. The van der Waals surface area contributed by atoms with Crippen LogP contribution in [0.1, 0.15) is 65.3 Å². The van der Waals surface area contributed by atoms with Crippen molar-refractivity contribution in [1.82, 2.24) is 9.88 Å². The van der Waals surface area contributed by atoms with E-state index in [1.54, 1.807) is 12.3 Å². The molecule has 7 nitrogen and oxygen atoms in total. The summed E-state index contributed by atoms with van der Waals surface area (Å²) in [5, 5.41) is 12.1. The average Bonchev–Trinajstić information content (AvgIpc) is 3.48. The van der Waals surface area contributed by atoms with Gasteiger partial charge in [-0.25, -0.2) is 4.98 Å². The quantitative estimate of drug-likeness (QED) is 0.574. The van der Waals surface area contributed by atoms with Crippen LogP contribution in [0.25, 0.3) is 0 Å². The van der Waals surface area contributed by atoms with Crippen molar-refractivity contribution in [3.63, 3.8) is 0 Å².